The van der Waals surface area contributed by atoms with Crippen molar-refractivity contribution in [3.05, 3.63) is 67.3 Å². The topological polar surface area (TPSA) is 84.9 Å². The number of aryl methyl sites for hydroxylation is 1. The van der Waals surface area contributed by atoms with E-state index in [1.165, 1.54) is 5.69 Å². The Morgan fingerprint density at radius 1 is 0.853 bits per heavy atom. The number of H-pyrrole nitrogens is 1. The van der Waals surface area contributed by atoms with Gasteiger partial charge in [-0.3, -0.25) is 14.3 Å². The Labute approximate surface area is 195 Å². The van der Waals surface area contributed by atoms with Crippen molar-refractivity contribution in [2.24, 2.45) is 7.05 Å². The molecule has 0 unspecified atom stereocenters. The molecular weight excluding hydrogens is 426 g/mol. The van der Waals surface area contributed by atoms with E-state index in [0.29, 0.717) is 0 Å². The minimum Gasteiger partial charge on any atom is -0.346 e. The van der Waals surface area contributed by atoms with E-state index in [-0.39, 0.29) is 0 Å². The van der Waals surface area contributed by atoms with Crippen LogP contribution in [0.4, 0.5) is 0 Å². The predicted octanol–water partition coefficient (Wildman–Crippen LogP) is 3.59. The lowest BCUT2D eigenvalue weighted by molar-refractivity contribution is 0.259. The zero-order valence-corrected chi connectivity index (χ0v) is 19.0. The van der Waals surface area contributed by atoms with Crippen molar-refractivity contribution in [1.82, 2.24) is 44.0 Å². The van der Waals surface area contributed by atoms with Gasteiger partial charge in [0.05, 0.1) is 36.3 Å². The molecule has 1 aliphatic heterocycles. The summed E-state index contributed by atoms with van der Waals surface area (Å²) in [5.74, 6) is 0. The van der Waals surface area contributed by atoms with Crippen molar-refractivity contribution >= 4 is 16.6 Å². The van der Waals surface area contributed by atoms with Crippen molar-refractivity contribution in [1.29, 1.82) is 0 Å². The first-order valence-corrected chi connectivity index (χ1v) is 11.3. The van der Waals surface area contributed by atoms with Crippen molar-refractivity contribution < 1.29 is 0 Å². The molecule has 0 amide bonds. The van der Waals surface area contributed by atoms with E-state index >= 15 is 0 Å². The molecule has 7 rings (SSSR count). The summed E-state index contributed by atoms with van der Waals surface area (Å²) in [6.45, 7) is 2.83. The maximum absolute atomic E-state index is 4.74. The molecule has 0 saturated heterocycles. The fraction of sp³-hybridized carbons (Fsp3) is 0.200. The molecule has 1 aliphatic rings. The number of rotatable bonds is 3. The molecule has 6 aromatic heterocycles. The van der Waals surface area contributed by atoms with Crippen molar-refractivity contribution in [3.63, 3.8) is 0 Å². The van der Waals surface area contributed by atoms with Crippen LogP contribution in [-0.2, 0) is 20.1 Å². The van der Waals surface area contributed by atoms with E-state index in [4.69, 9.17) is 4.98 Å². The summed E-state index contributed by atoms with van der Waals surface area (Å²) in [7, 11) is 4.07. The Morgan fingerprint density at radius 3 is 2.65 bits per heavy atom. The van der Waals surface area contributed by atoms with E-state index in [1.807, 2.05) is 59.6 Å². The Morgan fingerprint density at radius 2 is 1.76 bits per heavy atom. The number of aromatic amines is 1. The lowest BCUT2D eigenvalue weighted by Gasteiger charge is -2.24. The van der Waals surface area contributed by atoms with Crippen molar-refractivity contribution in [3.8, 4) is 33.4 Å². The molecule has 0 bridgehead atoms. The van der Waals surface area contributed by atoms with Crippen LogP contribution in [0.3, 0.4) is 0 Å². The quantitative estimate of drug-likeness (QED) is 0.446. The lowest BCUT2D eigenvalue weighted by atomic mass is 10.0. The first-order chi connectivity index (χ1) is 16.6. The highest BCUT2D eigenvalue weighted by Gasteiger charge is 2.20. The van der Waals surface area contributed by atoms with Crippen LogP contribution in [0.25, 0.3) is 49.9 Å². The van der Waals surface area contributed by atoms with E-state index in [0.717, 1.165) is 69.6 Å². The van der Waals surface area contributed by atoms with E-state index in [1.54, 1.807) is 0 Å². The number of hydrogen-bond donors (Lipinski definition) is 1. The Balaban J connectivity index is 1.35. The van der Waals surface area contributed by atoms with Gasteiger partial charge in [0.2, 0.25) is 0 Å². The molecule has 0 aromatic carbocycles. The maximum Gasteiger partial charge on any atom is 0.137 e. The zero-order chi connectivity index (χ0) is 22.8. The second-order valence-corrected chi connectivity index (χ2v) is 8.99. The van der Waals surface area contributed by atoms with Gasteiger partial charge in [0, 0.05) is 78.1 Å². The van der Waals surface area contributed by atoms with Gasteiger partial charge in [-0.1, -0.05) is 0 Å². The van der Waals surface area contributed by atoms with Crippen LogP contribution in [0.1, 0.15) is 5.69 Å². The number of pyridine rings is 2. The first-order valence-electron chi connectivity index (χ1n) is 11.3. The summed E-state index contributed by atoms with van der Waals surface area (Å²) in [6.07, 6.45) is 13.7. The van der Waals surface area contributed by atoms with Gasteiger partial charge in [0.1, 0.15) is 5.65 Å². The molecule has 0 spiro atoms. The van der Waals surface area contributed by atoms with Gasteiger partial charge in [-0.15, -0.1) is 0 Å². The molecule has 0 saturated carbocycles. The summed E-state index contributed by atoms with van der Waals surface area (Å²) in [6, 6.07) is 6.50. The van der Waals surface area contributed by atoms with Gasteiger partial charge in [-0.05, 0) is 30.8 Å². The number of likely N-dealkylation sites (N-methyl/N-ethyl adjacent to an activating group) is 1. The molecule has 7 heterocycles. The second kappa shape index (κ2) is 7.13. The van der Waals surface area contributed by atoms with Gasteiger partial charge in [0.25, 0.3) is 0 Å². The molecule has 0 atom stereocenters. The SMILES string of the molecule is CN1CCn2ncc(-c3cnc4[nH]cc(-c5ccn6ncc(-c7cnn(C)c7)c6c5)c4c3)c2C1. The van der Waals surface area contributed by atoms with E-state index in [9.17, 15) is 0 Å². The lowest BCUT2D eigenvalue weighted by Crippen LogP contribution is -2.30. The van der Waals surface area contributed by atoms with Crippen LogP contribution in [0.5, 0.6) is 0 Å². The second-order valence-electron chi connectivity index (χ2n) is 8.99. The fourth-order valence-corrected chi connectivity index (χ4v) is 4.93. The molecule has 168 valence electrons. The van der Waals surface area contributed by atoms with Crippen molar-refractivity contribution in [2.75, 3.05) is 13.6 Å². The predicted molar refractivity (Wildman–Crippen MR) is 130 cm³/mol. The highest BCUT2D eigenvalue weighted by Crippen LogP contribution is 2.34. The third-order valence-corrected chi connectivity index (χ3v) is 6.75. The molecular formula is C25H23N9. The maximum atomic E-state index is 4.74. The van der Waals surface area contributed by atoms with Crippen molar-refractivity contribution in [2.45, 2.75) is 13.1 Å². The standard InChI is InChI=1S/C25H23N9/c1-31-5-6-34-24(15-31)21(12-30-34)17-7-19-20(11-27-25(19)26-9-17)16-3-4-33-23(8-16)22(13-29-33)18-10-28-32(2)14-18/h3-4,7-14H,5-6,15H2,1-2H3,(H,26,27). The Hall–Kier alpha value is -4.24. The monoisotopic (exact) mass is 449 g/mol. The highest BCUT2D eigenvalue weighted by atomic mass is 15.3. The van der Waals surface area contributed by atoms with Gasteiger partial charge in [-0.2, -0.15) is 15.3 Å². The van der Waals surface area contributed by atoms with Crippen LogP contribution in [0.15, 0.2) is 61.6 Å². The molecule has 0 radical (unpaired) electrons. The Kier molecular flexibility index (Phi) is 4.04. The first kappa shape index (κ1) is 19.2. The molecule has 1 N–H and O–H groups in total. The summed E-state index contributed by atoms with van der Waals surface area (Å²) in [5, 5.41) is 14.6. The fourth-order valence-electron chi connectivity index (χ4n) is 4.93. The normalized spacial score (nSPS) is 14.3. The number of nitrogens with zero attached hydrogens (tertiary/aromatic N) is 8. The molecule has 0 aliphatic carbocycles. The van der Waals surface area contributed by atoms with Crippen LogP contribution < -0.4 is 0 Å². The van der Waals surface area contributed by atoms with E-state index in [2.05, 4.69) is 55.1 Å². The minimum absolute atomic E-state index is 0.873. The summed E-state index contributed by atoms with van der Waals surface area (Å²) in [4.78, 5) is 10.4. The van der Waals surface area contributed by atoms with Crippen LogP contribution in [-0.4, -0.2) is 57.6 Å². The van der Waals surface area contributed by atoms with Crippen LogP contribution in [0.2, 0.25) is 0 Å². The van der Waals surface area contributed by atoms with Gasteiger partial charge in [-0.25, -0.2) is 9.50 Å². The zero-order valence-electron chi connectivity index (χ0n) is 19.0. The van der Waals surface area contributed by atoms with Gasteiger partial charge >= 0.3 is 0 Å². The molecule has 9 heteroatoms. The van der Waals surface area contributed by atoms with Gasteiger partial charge < -0.3 is 4.98 Å². The number of hydrogen-bond acceptors (Lipinski definition) is 5. The molecule has 9 nitrogen and oxygen atoms in total. The summed E-state index contributed by atoms with van der Waals surface area (Å²) >= 11 is 0. The molecule has 0 fully saturated rings. The highest BCUT2D eigenvalue weighted by molar-refractivity contribution is 5.97. The smallest absolute Gasteiger partial charge is 0.137 e. The third-order valence-electron chi connectivity index (χ3n) is 6.75. The largest absolute Gasteiger partial charge is 0.346 e. The van der Waals surface area contributed by atoms with Crippen LogP contribution in [0, 0.1) is 0 Å². The summed E-state index contributed by atoms with van der Waals surface area (Å²) in [5.41, 5.74) is 9.73. The number of aromatic nitrogens is 8. The minimum atomic E-state index is 0.873. The molecule has 6 aromatic rings. The number of nitrogens with one attached hydrogen (secondary N) is 1. The molecule has 34 heavy (non-hydrogen) atoms. The van der Waals surface area contributed by atoms with E-state index < -0.39 is 0 Å². The summed E-state index contributed by atoms with van der Waals surface area (Å²) < 4.78 is 5.83. The Bertz CT molecular complexity index is 1680. The third kappa shape index (κ3) is 2.90. The average molecular weight is 450 g/mol. The number of fused-ring (bicyclic) bond motifs is 3. The average Bonchev–Trinajstić information content (AvgIpc) is 3.63. The van der Waals surface area contributed by atoms with Gasteiger partial charge in [0.15, 0.2) is 0 Å². The van der Waals surface area contributed by atoms with Crippen LogP contribution >= 0.6 is 0 Å².